The Labute approximate surface area is 107 Å². The predicted octanol–water partition coefficient (Wildman–Crippen LogP) is 2.51. The summed E-state index contributed by atoms with van der Waals surface area (Å²) in [6, 6.07) is 1.46. The minimum Gasteiger partial charge on any atom is -0.487 e. The predicted molar refractivity (Wildman–Crippen MR) is 59.5 cm³/mol. The summed E-state index contributed by atoms with van der Waals surface area (Å²) in [5.41, 5.74) is 0. The molecule has 1 N–H and O–H groups in total. The molecule has 0 aromatic heterocycles. The molecule has 0 radical (unpaired) electrons. The van der Waals surface area contributed by atoms with E-state index in [1.807, 2.05) is 6.07 Å². The molecule has 1 rings (SSSR count). The molecule has 0 heterocycles. The number of rotatable bonds is 6. The van der Waals surface area contributed by atoms with Crippen LogP contribution in [0.2, 0.25) is 0 Å². The Balaban J connectivity index is 2.71. The highest BCUT2D eigenvalue weighted by Crippen LogP contribution is 2.26. The van der Waals surface area contributed by atoms with Crippen molar-refractivity contribution in [2.45, 2.75) is 19.4 Å². The van der Waals surface area contributed by atoms with Gasteiger partial charge in [0.15, 0.2) is 17.4 Å². The number of hydrogen-bond donors (Lipinski definition) is 1. The normalized spacial score (nSPS) is 12.0. The van der Waals surface area contributed by atoms with Crippen molar-refractivity contribution < 1.29 is 22.3 Å². The van der Waals surface area contributed by atoms with Gasteiger partial charge in [-0.15, -0.1) is 0 Å². The second-order valence-corrected chi connectivity index (χ2v) is 3.67. The van der Waals surface area contributed by atoms with Crippen molar-refractivity contribution in [2.24, 2.45) is 0 Å². The van der Waals surface area contributed by atoms with Gasteiger partial charge in [-0.05, 0) is 6.54 Å². The van der Waals surface area contributed by atoms with Gasteiger partial charge in [-0.2, -0.15) is 14.0 Å². The van der Waals surface area contributed by atoms with Crippen LogP contribution in [0.3, 0.4) is 0 Å². The van der Waals surface area contributed by atoms with Crippen molar-refractivity contribution in [3.63, 3.8) is 0 Å². The third-order valence-corrected chi connectivity index (χ3v) is 2.33. The van der Waals surface area contributed by atoms with E-state index in [0.717, 1.165) is 0 Å². The molecule has 1 aromatic carbocycles. The van der Waals surface area contributed by atoms with E-state index in [2.05, 4.69) is 10.1 Å². The Morgan fingerprint density at radius 2 is 1.84 bits per heavy atom. The maximum atomic E-state index is 13.2. The van der Waals surface area contributed by atoms with E-state index in [1.54, 1.807) is 6.92 Å². The number of benzene rings is 1. The van der Waals surface area contributed by atoms with E-state index in [9.17, 15) is 17.6 Å². The molecule has 7 heteroatoms. The molecular weight excluding hydrogens is 264 g/mol. The quantitative estimate of drug-likeness (QED) is 0.641. The van der Waals surface area contributed by atoms with Gasteiger partial charge in [0.25, 0.3) is 0 Å². The van der Waals surface area contributed by atoms with Crippen molar-refractivity contribution in [1.29, 1.82) is 5.26 Å². The van der Waals surface area contributed by atoms with Crippen molar-refractivity contribution in [1.82, 2.24) is 5.32 Å². The van der Waals surface area contributed by atoms with Crippen LogP contribution < -0.4 is 10.1 Å². The first-order valence-electron chi connectivity index (χ1n) is 5.60. The van der Waals surface area contributed by atoms with E-state index in [1.165, 1.54) is 0 Å². The molecule has 1 unspecified atom stereocenters. The standard InChI is InChI=1S/C12H12F4N2O/c1-2-18-7(6-17)3-4-19-12-10(15)8(13)5-9(14)11(12)16/h5,7,18H,2-4H2,1H3. The number of halogens is 4. The van der Waals surface area contributed by atoms with Gasteiger partial charge >= 0.3 is 0 Å². The SMILES string of the molecule is CCNC(C#N)CCOc1c(F)c(F)cc(F)c1F. The van der Waals surface area contributed by atoms with Gasteiger partial charge in [0.05, 0.1) is 18.7 Å². The fourth-order valence-corrected chi connectivity index (χ4v) is 1.42. The van der Waals surface area contributed by atoms with Crippen LogP contribution in [0.25, 0.3) is 0 Å². The van der Waals surface area contributed by atoms with E-state index < -0.39 is 35.1 Å². The van der Waals surface area contributed by atoms with E-state index in [-0.39, 0.29) is 19.1 Å². The summed E-state index contributed by atoms with van der Waals surface area (Å²) in [7, 11) is 0. The Bertz CT molecular complexity index is 461. The topological polar surface area (TPSA) is 45.0 Å². The monoisotopic (exact) mass is 276 g/mol. The molecule has 0 fully saturated rings. The van der Waals surface area contributed by atoms with E-state index in [4.69, 9.17) is 5.26 Å². The summed E-state index contributed by atoms with van der Waals surface area (Å²) >= 11 is 0. The van der Waals surface area contributed by atoms with Gasteiger partial charge in [0, 0.05) is 12.5 Å². The van der Waals surface area contributed by atoms with Crippen LogP contribution in [0, 0.1) is 34.6 Å². The van der Waals surface area contributed by atoms with Crippen LogP contribution in [-0.4, -0.2) is 19.2 Å². The number of hydrogen-bond acceptors (Lipinski definition) is 3. The Morgan fingerprint density at radius 1 is 1.26 bits per heavy atom. The minimum absolute atomic E-state index is 0.105. The molecule has 3 nitrogen and oxygen atoms in total. The van der Waals surface area contributed by atoms with Crippen LogP contribution >= 0.6 is 0 Å². The van der Waals surface area contributed by atoms with E-state index >= 15 is 0 Å². The first kappa shape index (κ1) is 15.2. The van der Waals surface area contributed by atoms with Crippen molar-refractivity contribution in [3.05, 3.63) is 29.3 Å². The molecule has 0 saturated heterocycles. The number of nitriles is 1. The molecule has 0 aliphatic rings. The average molecular weight is 276 g/mol. The fourth-order valence-electron chi connectivity index (χ4n) is 1.42. The molecule has 19 heavy (non-hydrogen) atoms. The lowest BCUT2D eigenvalue weighted by Crippen LogP contribution is -2.29. The van der Waals surface area contributed by atoms with Crippen LogP contribution in [0.1, 0.15) is 13.3 Å². The molecular formula is C12H12F4N2O. The molecule has 1 atom stereocenters. The van der Waals surface area contributed by atoms with Gasteiger partial charge < -0.3 is 10.1 Å². The van der Waals surface area contributed by atoms with Crippen molar-refractivity contribution in [3.8, 4) is 11.8 Å². The maximum absolute atomic E-state index is 13.2. The molecule has 0 saturated carbocycles. The van der Waals surface area contributed by atoms with Crippen LogP contribution in [0.5, 0.6) is 5.75 Å². The number of nitrogens with one attached hydrogen (secondary N) is 1. The molecule has 1 aromatic rings. The molecule has 0 aliphatic carbocycles. The van der Waals surface area contributed by atoms with E-state index in [0.29, 0.717) is 6.54 Å². The van der Waals surface area contributed by atoms with Crippen LogP contribution in [-0.2, 0) is 0 Å². The van der Waals surface area contributed by atoms with Gasteiger partial charge in [-0.1, -0.05) is 6.92 Å². The lowest BCUT2D eigenvalue weighted by molar-refractivity contribution is 0.259. The zero-order chi connectivity index (χ0) is 14.4. The zero-order valence-corrected chi connectivity index (χ0v) is 10.1. The first-order chi connectivity index (χ1) is 9.01. The van der Waals surface area contributed by atoms with Gasteiger partial charge in [-0.3, -0.25) is 0 Å². The molecule has 0 spiro atoms. The average Bonchev–Trinajstić information content (AvgIpc) is 2.39. The van der Waals surface area contributed by atoms with Gasteiger partial charge in [-0.25, -0.2) is 8.78 Å². The van der Waals surface area contributed by atoms with Crippen LogP contribution in [0.4, 0.5) is 17.6 Å². The summed E-state index contributed by atoms with van der Waals surface area (Å²) in [5, 5.41) is 11.5. The van der Waals surface area contributed by atoms with Crippen molar-refractivity contribution in [2.75, 3.05) is 13.2 Å². The Hall–Kier alpha value is -1.81. The second kappa shape index (κ2) is 6.95. The summed E-state index contributed by atoms with van der Waals surface area (Å²) in [4.78, 5) is 0. The highest BCUT2D eigenvalue weighted by atomic mass is 19.2. The lowest BCUT2D eigenvalue weighted by Gasteiger charge is -2.12. The van der Waals surface area contributed by atoms with Crippen LogP contribution in [0.15, 0.2) is 6.07 Å². The molecule has 104 valence electrons. The maximum Gasteiger partial charge on any atom is 0.203 e. The first-order valence-corrected chi connectivity index (χ1v) is 5.60. The third-order valence-electron chi connectivity index (χ3n) is 2.33. The fraction of sp³-hybridized carbons (Fsp3) is 0.417. The highest BCUT2D eigenvalue weighted by Gasteiger charge is 2.20. The molecule has 0 amide bonds. The summed E-state index contributed by atoms with van der Waals surface area (Å²) < 4.78 is 56.8. The second-order valence-electron chi connectivity index (χ2n) is 3.67. The van der Waals surface area contributed by atoms with Gasteiger partial charge in [0.1, 0.15) is 0 Å². The minimum atomic E-state index is -1.59. The summed E-state index contributed by atoms with van der Waals surface area (Å²) in [6.07, 6.45) is 0.126. The zero-order valence-electron chi connectivity index (χ0n) is 10.1. The highest BCUT2D eigenvalue weighted by molar-refractivity contribution is 5.28. The van der Waals surface area contributed by atoms with Gasteiger partial charge in [0.2, 0.25) is 11.6 Å². The smallest absolute Gasteiger partial charge is 0.203 e. The largest absolute Gasteiger partial charge is 0.487 e. The lowest BCUT2D eigenvalue weighted by atomic mass is 10.2. The number of nitrogens with zero attached hydrogens (tertiary/aromatic N) is 1. The molecule has 0 bridgehead atoms. The Kier molecular flexibility index (Phi) is 5.57. The number of ether oxygens (including phenoxy) is 1. The summed E-state index contributed by atoms with van der Waals surface area (Å²) in [5.74, 6) is -7.34. The molecule has 0 aliphatic heterocycles. The third kappa shape index (κ3) is 3.83. The summed E-state index contributed by atoms with van der Waals surface area (Å²) in [6.45, 7) is 2.07. The Morgan fingerprint density at radius 3 is 2.32 bits per heavy atom. The van der Waals surface area contributed by atoms with Crippen molar-refractivity contribution >= 4 is 0 Å².